The minimum absolute atomic E-state index is 0.289. The zero-order valence-corrected chi connectivity index (χ0v) is 12.8. The minimum atomic E-state index is 0.289. The molecule has 0 amide bonds. The monoisotopic (exact) mass is 277 g/mol. The van der Waals surface area contributed by atoms with E-state index in [0.29, 0.717) is 5.82 Å². The van der Waals surface area contributed by atoms with Gasteiger partial charge in [-0.25, -0.2) is 15.8 Å². The number of nitrogens with one attached hydrogen (secondary N) is 2. The van der Waals surface area contributed by atoms with Crippen LogP contribution in [0.5, 0.6) is 0 Å². The van der Waals surface area contributed by atoms with Crippen LogP contribution in [0.4, 0.5) is 11.6 Å². The lowest BCUT2D eigenvalue weighted by atomic mass is 9.80. The summed E-state index contributed by atoms with van der Waals surface area (Å²) in [5, 5.41) is 3.47. The lowest BCUT2D eigenvalue weighted by Gasteiger charge is -2.29. The Kier molecular flexibility index (Phi) is 5.17. The summed E-state index contributed by atoms with van der Waals surface area (Å²) in [7, 11) is 0. The molecule has 0 radical (unpaired) electrons. The summed E-state index contributed by atoms with van der Waals surface area (Å²) in [6.07, 6.45) is 5.40. The second kappa shape index (κ2) is 6.88. The molecule has 2 unspecified atom stereocenters. The van der Waals surface area contributed by atoms with Gasteiger partial charge in [0.15, 0.2) is 0 Å². The Morgan fingerprint density at radius 2 is 1.95 bits per heavy atom. The highest BCUT2D eigenvalue weighted by Crippen LogP contribution is 2.29. The summed E-state index contributed by atoms with van der Waals surface area (Å²) in [6, 6.07) is 1.87. The van der Waals surface area contributed by atoms with Gasteiger partial charge in [0, 0.05) is 18.5 Å². The van der Waals surface area contributed by atoms with Crippen LogP contribution in [-0.4, -0.2) is 16.5 Å². The van der Waals surface area contributed by atoms with Gasteiger partial charge in [-0.1, -0.05) is 40.0 Å². The molecule has 1 saturated carbocycles. The van der Waals surface area contributed by atoms with Crippen molar-refractivity contribution in [3.63, 3.8) is 0 Å². The molecule has 1 heterocycles. The molecule has 5 heteroatoms. The largest absolute Gasteiger partial charge is 0.370 e. The smallest absolute Gasteiger partial charge is 0.145 e. The van der Waals surface area contributed by atoms with Gasteiger partial charge in [0.05, 0.1) is 0 Å². The fourth-order valence-corrected chi connectivity index (χ4v) is 2.82. The summed E-state index contributed by atoms with van der Waals surface area (Å²) >= 11 is 0. The van der Waals surface area contributed by atoms with Crippen LogP contribution >= 0.6 is 0 Å². The number of hydrogen-bond acceptors (Lipinski definition) is 5. The van der Waals surface area contributed by atoms with Crippen LogP contribution < -0.4 is 16.6 Å². The Labute approximate surface area is 121 Å². The number of hydrazine groups is 1. The average molecular weight is 277 g/mol. The third kappa shape index (κ3) is 3.82. The molecular weight excluding hydrogens is 250 g/mol. The molecule has 0 aliphatic heterocycles. The van der Waals surface area contributed by atoms with Crippen molar-refractivity contribution >= 4 is 11.6 Å². The summed E-state index contributed by atoms with van der Waals surface area (Å²) in [4.78, 5) is 8.95. The minimum Gasteiger partial charge on any atom is -0.370 e. The SMILES string of the molecule is CC(C)c1nc(NN)cc(NCC2CCCCC2C)n1. The maximum Gasteiger partial charge on any atom is 0.145 e. The lowest BCUT2D eigenvalue weighted by molar-refractivity contribution is 0.268. The fraction of sp³-hybridized carbons (Fsp3) is 0.733. The van der Waals surface area contributed by atoms with Gasteiger partial charge in [0.25, 0.3) is 0 Å². The Morgan fingerprint density at radius 3 is 2.60 bits per heavy atom. The zero-order valence-electron chi connectivity index (χ0n) is 12.8. The molecule has 4 N–H and O–H groups in total. The van der Waals surface area contributed by atoms with Crippen LogP contribution in [0.2, 0.25) is 0 Å². The topological polar surface area (TPSA) is 75.9 Å². The van der Waals surface area contributed by atoms with Gasteiger partial charge in [-0.05, 0) is 18.3 Å². The lowest BCUT2D eigenvalue weighted by Crippen LogP contribution is -2.25. The van der Waals surface area contributed by atoms with Crippen molar-refractivity contribution in [2.75, 3.05) is 17.3 Å². The molecule has 0 saturated heterocycles. The van der Waals surface area contributed by atoms with Gasteiger partial charge in [-0.3, -0.25) is 0 Å². The zero-order chi connectivity index (χ0) is 14.5. The first-order valence-corrected chi connectivity index (χ1v) is 7.69. The van der Waals surface area contributed by atoms with Crippen molar-refractivity contribution in [3.8, 4) is 0 Å². The molecule has 5 nitrogen and oxygen atoms in total. The third-order valence-electron chi connectivity index (χ3n) is 4.24. The quantitative estimate of drug-likeness (QED) is 0.569. The number of aromatic nitrogens is 2. The van der Waals surface area contributed by atoms with Gasteiger partial charge >= 0.3 is 0 Å². The van der Waals surface area contributed by atoms with E-state index in [-0.39, 0.29) is 5.92 Å². The van der Waals surface area contributed by atoms with Crippen molar-refractivity contribution in [1.29, 1.82) is 0 Å². The van der Waals surface area contributed by atoms with Crippen molar-refractivity contribution in [2.24, 2.45) is 17.7 Å². The number of nitrogens with two attached hydrogens (primary N) is 1. The second-order valence-electron chi connectivity index (χ2n) is 6.20. The van der Waals surface area contributed by atoms with E-state index in [2.05, 4.69) is 41.5 Å². The molecule has 1 aromatic rings. The molecule has 2 atom stereocenters. The molecule has 0 aromatic carbocycles. The van der Waals surface area contributed by atoms with E-state index >= 15 is 0 Å². The standard InChI is InChI=1S/C15H27N5/c1-10(2)15-18-13(8-14(19-15)20-16)17-9-12-7-5-4-6-11(12)3/h8,10-12H,4-7,9,16H2,1-3H3,(H2,17,18,19,20). The van der Waals surface area contributed by atoms with E-state index in [9.17, 15) is 0 Å². The molecule has 1 aromatic heterocycles. The molecule has 0 spiro atoms. The first kappa shape index (κ1) is 15.0. The van der Waals surface area contributed by atoms with Crippen molar-refractivity contribution < 1.29 is 0 Å². The predicted octanol–water partition coefficient (Wildman–Crippen LogP) is 3.12. The highest BCUT2D eigenvalue weighted by molar-refractivity contribution is 5.47. The Balaban J connectivity index is 2.02. The van der Waals surface area contributed by atoms with E-state index in [4.69, 9.17) is 5.84 Å². The van der Waals surface area contributed by atoms with Gasteiger partial charge < -0.3 is 10.7 Å². The maximum atomic E-state index is 5.48. The summed E-state index contributed by atoms with van der Waals surface area (Å²) in [5.74, 6) is 9.67. The molecule has 2 rings (SSSR count). The molecule has 112 valence electrons. The van der Waals surface area contributed by atoms with Gasteiger partial charge in [-0.2, -0.15) is 0 Å². The van der Waals surface area contributed by atoms with Crippen LogP contribution in [0.3, 0.4) is 0 Å². The number of anilines is 2. The molecular formula is C15H27N5. The normalized spacial score (nSPS) is 22.9. The van der Waals surface area contributed by atoms with E-state index in [1.807, 2.05) is 6.07 Å². The number of rotatable bonds is 5. The van der Waals surface area contributed by atoms with Crippen molar-refractivity contribution in [3.05, 3.63) is 11.9 Å². The van der Waals surface area contributed by atoms with E-state index in [0.717, 1.165) is 30.0 Å². The second-order valence-corrected chi connectivity index (χ2v) is 6.20. The number of nitrogens with zero attached hydrogens (tertiary/aromatic N) is 2. The van der Waals surface area contributed by atoms with Crippen LogP contribution in [0, 0.1) is 11.8 Å². The number of hydrogen-bond donors (Lipinski definition) is 3. The molecule has 1 fully saturated rings. The first-order valence-electron chi connectivity index (χ1n) is 7.69. The van der Waals surface area contributed by atoms with Gasteiger partial charge in [0.1, 0.15) is 17.5 Å². The summed E-state index contributed by atoms with van der Waals surface area (Å²) < 4.78 is 0. The Bertz CT molecular complexity index is 432. The summed E-state index contributed by atoms with van der Waals surface area (Å²) in [6.45, 7) is 7.52. The first-order chi connectivity index (χ1) is 9.60. The summed E-state index contributed by atoms with van der Waals surface area (Å²) in [5.41, 5.74) is 2.62. The van der Waals surface area contributed by atoms with Crippen LogP contribution in [0.25, 0.3) is 0 Å². The van der Waals surface area contributed by atoms with E-state index in [1.54, 1.807) is 0 Å². The van der Waals surface area contributed by atoms with Crippen LogP contribution in [0.1, 0.15) is 58.2 Å². The molecule has 1 aliphatic carbocycles. The van der Waals surface area contributed by atoms with E-state index < -0.39 is 0 Å². The van der Waals surface area contributed by atoms with Crippen molar-refractivity contribution in [1.82, 2.24) is 9.97 Å². The Hall–Kier alpha value is -1.36. The highest BCUT2D eigenvalue weighted by Gasteiger charge is 2.21. The fourth-order valence-electron chi connectivity index (χ4n) is 2.82. The van der Waals surface area contributed by atoms with E-state index in [1.165, 1.54) is 25.7 Å². The average Bonchev–Trinajstić information content (AvgIpc) is 2.46. The van der Waals surface area contributed by atoms with Crippen LogP contribution in [0.15, 0.2) is 6.07 Å². The maximum absolute atomic E-state index is 5.48. The predicted molar refractivity (Wildman–Crippen MR) is 83.5 cm³/mol. The van der Waals surface area contributed by atoms with Crippen molar-refractivity contribution in [2.45, 2.75) is 52.4 Å². The van der Waals surface area contributed by atoms with Gasteiger partial charge in [-0.15, -0.1) is 0 Å². The van der Waals surface area contributed by atoms with Crippen LogP contribution in [-0.2, 0) is 0 Å². The third-order valence-corrected chi connectivity index (χ3v) is 4.24. The Morgan fingerprint density at radius 1 is 1.25 bits per heavy atom. The molecule has 20 heavy (non-hydrogen) atoms. The van der Waals surface area contributed by atoms with Gasteiger partial charge in [0.2, 0.25) is 0 Å². The number of nitrogen functional groups attached to an aromatic ring is 1. The molecule has 0 bridgehead atoms. The molecule has 1 aliphatic rings. The highest BCUT2D eigenvalue weighted by atomic mass is 15.3.